The first-order valence-electron chi connectivity index (χ1n) is 5.40. The minimum absolute atomic E-state index is 0. The third-order valence-corrected chi connectivity index (χ3v) is 5.01. The summed E-state index contributed by atoms with van der Waals surface area (Å²) < 4.78 is 0. The summed E-state index contributed by atoms with van der Waals surface area (Å²) >= 11 is 35.3. The zero-order chi connectivity index (χ0) is 15.9. The van der Waals surface area contributed by atoms with Crippen molar-refractivity contribution in [1.29, 1.82) is 0 Å². The maximum atomic E-state index is 12.1. The predicted octanol–water partition coefficient (Wildman–Crippen LogP) is 2.35. The number of hydrogen-bond acceptors (Lipinski definition) is 2. The van der Waals surface area contributed by atoms with Crippen molar-refractivity contribution in [1.82, 2.24) is 0 Å². The summed E-state index contributed by atoms with van der Waals surface area (Å²) in [6.45, 7) is 0. The van der Waals surface area contributed by atoms with Gasteiger partial charge in [0.25, 0.3) is 0 Å². The molecule has 2 nitrogen and oxygen atoms in total. The van der Waals surface area contributed by atoms with Gasteiger partial charge in [-0.15, -0.1) is 0 Å². The monoisotopic (exact) mass is 425 g/mol. The fraction of sp³-hybridized carbons (Fsp3) is 0.0769. The minimum atomic E-state index is -0.530. The van der Waals surface area contributed by atoms with Crippen molar-refractivity contribution in [2.24, 2.45) is 0 Å². The molecule has 0 fully saturated rings. The Bertz CT molecular complexity index is 621. The number of benzene rings is 2. The van der Waals surface area contributed by atoms with E-state index in [1.807, 2.05) is 0 Å². The number of halogens is 6. The first kappa shape index (κ1) is 20.8. The van der Waals surface area contributed by atoms with Gasteiger partial charge in [-0.25, -0.2) is 0 Å². The molecular formula is C13H4Cl6NaO2-. The molecule has 2 rings (SSSR count). The van der Waals surface area contributed by atoms with Gasteiger partial charge in [-0.05, 0) is 29.7 Å². The van der Waals surface area contributed by atoms with E-state index in [1.165, 1.54) is 12.1 Å². The second-order valence-corrected chi connectivity index (χ2v) is 6.49. The molecule has 2 aromatic carbocycles. The van der Waals surface area contributed by atoms with Crippen molar-refractivity contribution >= 4 is 69.6 Å². The first-order valence-corrected chi connectivity index (χ1v) is 7.67. The molecule has 0 aliphatic heterocycles. The van der Waals surface area contributed by atoms with Gasteiger partial charge in [0.15, 0.2) is 0 Å². The topological polar surface area (TPSA) is 46.1 Å². The van der Waals surface area contributed by atoms with Crippen LogP contribution < -0.4 is 39.8 Å². The van der Waals surface area contributed by atoms with Crippen LogP contribution in [0.5, 0.6) is 11.5 Å². The van der Waals surface area contributed by atoms with Gasteiger partial charge in [0.1, 0.15) is 0 Å². The Balaban J connectivity index is 0.00000242. The molecule has 0 amide bonds. The van der Waals surface area contributed by atoms with Gasteiger partial charge in [0.2, 0.25) is 0 Å². The van der Waals surface area contributed by atoms with E-state index in [0.717, 1.165) is 0 Å². The summed E-state index contributed by atoms with van der Waals surface area (Å²) in [5.74, 6) is -1.06. The van der Waals surface area contributed by atoms with Crippen LogP contribution in [0.1, 0.15) is 11.1 Å². The van der Waals surface area contributed by atoms with E-state index in [0.29, 0.717) is 0 Å². The smallest absolute Gasteiger partial charge is 0.871 e. The Morgan fingerprint density at radius 3 is 1.27 bits per heavy atom. The van der Waals surface area contributed by atoms with Gasteiger partial charge >= 0.3 is 29.6 Å². The molecule has 0 heterocycles. The average molecular weight is 428 g/mol. The number of hydrogen-bond donors (Lipinski definition) is 0. The van der Waals surface area contributed by atoms with Crippen LogP contribution in [0.3, 0.4) is 0 Å². The van der Waals surface area contributed by atoms with Crippen LogP contribution in [0.25, 0.3) is 0 Å². The molecule has 0 aliphatic rings. The van der Waals surface area contributed by atoms with Crippen molar-refractivity contribution in [3.05, 3.63) is 53.4 Å². The van der Waals surface area contributed by atoms with Crippen LogP contribution in [0.4, 0.5) is 0 Å². The Hall–Kier alpha value is 0.780. The van der Waals surface area contributed by atoms with Crippen molar-refractivity contribution in [3.8, 4) is 11.5 Å². The van der Waals surface area contributed by atoms with Crippen molar-refractivity contribution in [3.63, 3.8) is 0 Å². The van der Waals surface area contributed by atoms with Crippen molar-refractivity contribution < 1.29 is 39.8 Å². The Kier molecular flexibility index (Phi) is 7.80. The molecule has 112 valence electrons. The van der Waals surface area contributed by atoms with Crippen molar-refractivity contribution in [2.45, 2.75) is 6.42 Å². The van der Waals surface area contributed by atoms with E-state index in [9.17, 15) is 10.2 Å². The Morgan fingerprint density at radius 2 is 0.955 bits per heavy atom. The van der Waals surface area contributed by atoms with Gasteiger partial charge in [-0.3, -0.25) is 0 Å². The summed E-state index contributed by atoms with van der Waals surface area (Å²) in [7, 11) is 0. The number of rotatable bonds is 2. The Morgan fingerprint density at radius 1 is 0.636 bits per heavy atom. The molecule has 9 heteroatoms. The van der Waals surface area contributed by atoms with Crippen LogP contribution in [0, 0.1) is 0 Å². The predicted molar refractivity (Wildman–Crippen MR) is 84.6 cm³/mol. The first-order chi connectivity index (χ1) is 9.73. The molecular weight excluding hydrogens is 424 g/mol. The summed E-state index contributed by atoms with van der Waals surface area (Å²) in [6.07, 6.45) is -0.171. The molecule has 0 aromatic heterocycles. The fourth-order valence-electron chi connectivity index (χ4n) is 1.75. The molecule has 0 N–H and O–H groups in total. The van der Waals surface area contributed by atoms with Gasteiger partial charge in [0, 0.05) is 10.0 Å². The van der Waals surface area contributed by atoms with Gasteiger partial charge in [0.05, 0.1) is 20.1 Å². The van der Waals surface area contributed by atoms with E-state index < -0.39 is 11.5 Å². The normalized spacial score (nSPS) is 10.5. The third-order valence-electron chi connectivity index (χ3n) is 2.79. The van der Waals surface area contributed by atoms with E-state index in [1.54, 1.807) is 0 Å². The standard InChI is InChI=1S/C13H6Cl6O2.Na/c14-6-2-8(16)12(20)4(10(6)18)1-5-11(19)7(15)3-9(17)13(5)21;/h2-3,20-21H,1H2;/q;+1/p-2. The van der Waals surface area contributed by atoms with Crippen LogP contribution in [0.2, 0.25) is 30.1 Å². The molecule has 22 heavy (non-hydrogen) atoms. The van der Waals surface area contributed by atoms with Crippen LogP contribution in [-0.2, 0) is 6.42 Å². The molecule has 0 saturated heterocycles. The zero-order valence-corrected chi connectivity index (χ0v) is 17.5. The molecule has 0 spiro atoms. The van der Waals surface area contributed by atoms with E-state index in [4.69, 9.17) is 69.6 Å². The van der Waals surface area contributed by atoms with Gasteiger partial charge in [-0.2, -0.15) is 0 Å². The maximum Gasteiger partial charge on any atom is 1.00 e. The van der Waals surface area contributed by atoms with Gasteiger partial charge < -0.3 is 10.2 Å². The molecule has 0 atom stereocenters. The zero-order valence-electron chi connectivity index (χ0n) is 10.9. The van der Waals surface area contributed by atoms with E-state index in [2.05, 4.69) is 0 Å². The quantitative estimate of drug-likeness (QED) is 0.545. The molecule has 0 unspecified atom stereocenters. The molecule has 0 radical (unpaired) electrons. The molecule has 2 aromatic rings. The van der Waals surface area contributed by atoms with Crippen molar-refractivity contribution in [2.75, 3.05) is 0 Å². The van der Waals surface area contributed by atoms with Crippen LogP contribution >= 0.6 is 69.6 Å². The summed E-state index contributed by atoms with van der Waals surface area (Å²) in [6, 6.07) is 2.48. The minimum Gasteiger partial charge on any atom is -0.871 e. The Labute approximate surface area is 179 Å². The van der Waals surface area contributed by atoms with Crippen LogP contribution in [0.15, 0.2) is 12.1 Å². The summed E-state index contributed by atoms with van der Waals surface area (Å²) in [4.78, 5) is 0. The summed E-state index contributed by atoms with van der Waals surface area (Å²) in [5.41, 5.74) is 0.123. The van der Waals surface area contributed by atoms with E-state index >= 15 is 0 Å². The second-order valence-electron chi connectivity index (χ2n) is 4.10. The molecule has 0 saturated carbocycles. The largest absolute Gasteiger partial charge is 1.00 e. The van der Waals surface area contributed by atoms with Gasteiger partial charge in [-0.1, -0.05) is 81.1 Å². The summed E-state index contributed by atoms with van der Waals surface area (Å²) in [5, 5.41) is 24.1. The average Bonchev–Trinajstić information content (AvgIpc) is 2.42. The molecule has 0 aliphatic carbocycles. The maximum absolute atomic E-state index is 12.1. The van der Waals surface area contributed by atoms with E-state index in [-0.39, 0.29) is 77.2 Å². The SMILES string of the molecule is [Na+].[O-]c1c(Cl)cc(Cl)c(Cl)c1Cc1c([O-])c(Cl)cc(Cl)c1Cl. The second kappa shape index (κ2) is 8.24. The third kappa shape index (κ3) is 4.05. The van der Waals surface area contributed by atoms with Crippen LogP contribution in [-0.4, -0.2) is 0 Å². The molecule has 0 bridgehead atoms. The fourth-order valence-corrected chi connectivity index (χ4v) is 3.17.